The monoisotopic (exact) mass is 387 g/mol. The molecule has 0 unspecified atom stereocenters. The van der Waals surface area contributed by atoms with Gasteiger partial charge in [0.25, 0.3) is 0 Å². The second kappa shape index (κ2) is 8.07. The molecule has 0 saturated heterocycles. The van der Waals surface area contributed by atoms with E-state index in [-0.39, 0.29) is 5.88 Å². The first-order valence-electron chi connectivity index (χ1n) is 7.47. The minimum atomic E-state index is -0.417. The van der Waals surface area contributed by atoms with Crippen LogP contribution in [0.15, 0.2) is 64.8 Å². The van der Waals surface area contributed by atoms with Crippen molar-refractivity contribution in [3.05, 3.63) is 65.4 Å². The Kier molecular flexibility index (Phi) is 5.60. The summed E-state index contributed by atoms with van der Waals surface area (Å²) in [6.45, 7) is 0. The van der Waals surface area contributed by atoms with Crippen LogP contribution in [0.2, 0.25) is 5.02 Å². The maximum absolute atomic E-state index is 11.5. The molecule has 1 heterocycles. The number of ether oxygens (including phenoxy) is 2. The summed E-state index contributed by atoms with van der Waals surface area (Å²) >= 11 is 7.27. The minimum Gasteiger partial charge on any atom is -0.465 e. The van der Waals surface area contributed by atoms with Crippen molar-refractivity contribution in [3.63, 3.8) is 0 Å². The molecule has 0 fully saturated rings. The minimum absolute atomic E-state index is 0.238. The van der Waals surface area contributed by atoms with Crippen LogP contribution in [-0.4, -0.2) is 23.0 Å². The number of benzene rings is 2. The number of hydrogen-bond acceptors (Lipinski definition) is 7. The average Bonchev–Trinajstić information content (AvgIpc) is 2.66. The van der Waals surface area contributed by atoms with E-state index >= 15 is 0 Å². The van der Waals surface area contributed by atoms with Gasteiger partial charge in [0.05, 0.1) is 12.7 Å². The topological polar surface area (TPSA) is 87.3 Å². The van der Waals surface area contributed by atoms with Gasteiger partial charge in [0.2, 0.25) is 5.88 Å². The molecular weight excluding hydrogens is 374 g/mol. The summed E-state index contributed by atoms with van der Waals surface area (Å²) in [7, 11) is 1.33. The van der Waals surface area contributed by atoms with Gasteiger partial charge >= 0.3 is 5.97 Å². The highest BCUT2D eigenvalue weighted by molar-refractivity contribution is 7.99. The fourth-order valence-corrected chi connectivity index (χ4v) is 2.95. The largest absolute Gasteiger partial charge is 0.465 e. The molecule has 1 aromatic heterocycles. The van der Waals surface area contributed by atoms with E-state index in [4.69, 9.17) is 22.1 Å². The lowest BCUT2D eigenvalue weighted by Crippen LogP contribution is -2.01. The zero-order chi connectivity index (χ0) is 18.5. The van der Waals surface area contributed by atoms with Gasteiger partial charge in [-0.1, -0.05) is 23.4 Å². The SMILES string of the molecule is COC(=O)c1ccc(Oc2ncnc(Sc3ccc(Cl)cc3)c2N)cc1. The number of methoxy groups -OCH3 is 1. The molecule has 3 aromatic rings. The smallest absolute Gasteiger partial charge is 0.337 e. The van der Waals surface area contributed by atoms with Crippen molar-refractivity contribution in [2.75, 3.05) is 12.8 Å². The van der Waals surface area contributed by atoms with Crippen LogP contribution < -0.4 is 10.5 Å². The summed E-state index contributed by atoms with van der Waals surface area (Å²) in [5.41, 5.74) is 6.89. The van der Waals surface area contributed by atoms with Crippen molar-refractivity contribution in [1.29, 1.82) is 0 Å². The van der Waals surface area contributed by atoms with E-state index in [0.29, 0.717) is 27.0 Å². The summed E-state index contributed by atoms with van der Waals surface area (Å²) in [6, 6.07) is 13.8. The number of nitrogens with zero attached hydrogens (tertiary/aromatic N) is 2. The van der Waals surface area contributed by atoms with E-state index in [9.17, 15) is 4.79 Å². The molecule has 0 aliphatic heterocycles. The average molecular weight is 388 g/mol. The van der Waals surface area contributed by atoms with Crippen LogP contribution in [0.4, 0.5) is 5.69 Å². The third-order valence-corrected chi connectivity index (χ3v) is 4.61. The van der Waals surface area contributed by atoms with E-state index in [2.05, 4.69) is 14.7 Å². The maximum atomic E-state index is 11.5. The van der Waals surface area contributed by atoms with Crippen molar-refractivity contribution in [2.45, 2.75) is 9.92 Å². The Morgan fingerprint density at radius 1 is 1.08 bits per heavy atom. The van der Waals surface area contributed by atoms with Crippen molar-refractivity contribution in [3.8, 4) is 11.6 Å². The van der Waals surface area contributed by atoms with Crippen LogP contribution in [0.5, 0.6) is 11.6 Å². The fraction of sp³-hybridized carbons (Fsp3) is 0.0556. The molecule has 0 bridgehead atoms. The predicted octanol–water partition coefficient (Wildman–Crippen LogP) is 4.44. The summed E-state index contributed by atoms with van der Waals surface area (Å²) in [6.07, 6.45) is 1.38. The second-order valence-corrected chi connectivity index (χ2v) is 6.57. The van der Waals surface area contributed by atoms with Gasteiger partial charge in [0, 0.05) is 9.92 Å². The van der Waals surface area contributed by atoms with Gasteiger partial charge < -0.3 is 15.2 Å². The van der Waals surface area contributed by atoms with Crippen LogP contribution in [-0.2, 0) is 4.74 Å². The molecular formula is C18H14ClN3O3S. The number of anilines is 1. The molecule has 132 valence electrons. The first-order valence-corrected chi connectivity index (χ1v) is 8.66. The number of esters is 1. The Labute approximate surface area is 159 Å². The number of nitrogen functional groups attached to an aromatic ring is 1. The number of halogens is 1. The van der Waals surface area contributed by atoms with E-state index < -0.39 is 5.97 Å². The summed E-state index contributed by atoms with van der Waals surface area (Å²) in [5.74, 6) is 0.313. The Hall–Kier alpha value is -2.77. The highest BCUT2D eigenvalue weighted by Gasteiger charge is 2.12. The molecule has 0 amide bonds. The predicted molar refractivity (Wildman–Crippen MR) is 99.9 cm³/mol. The van der Waals surface area contributed by atoms with Crippen molar-refractivity contribution < 1.29 is 14.3 Å². The lowest BCUT2D eigenvalue weighted by Gasteiger charge is -2.10. The Morgan fingerprint density at radius 2 is 1.77 bits per heavy atom. The molecule has 3 rings (SSSR count). The highest BCUT2D eigenvalue weighted by Crippen LogP contribution is 2.35. The van der Waals surface area contributed by atoms with Gasteiger partial charge in [-0.2, -0.15) is 4.98 Å². The maximum Gasteiger partial charge on any atom is 0.337 e. The van der Waals surface area contributed by atoms with Gasteiger partial charge in [0.15, 0.2) is 0 Å². The zero-order valence-corrected chi connectivity index (χ0v) is 15.3. The van der Waals surface area contributed by atoms with Crippen molar-refractivity contribution in [2.24, 2.45) is 0 Å². The summed E-state index contributed by atoms with van der Waals surface area (Å²) in [5, 5.41) is 1.23. The molecule has 0 aliphatic rings. The fourth-order valence-electron chi connectivity index (χ4n) is 2.03. The standard InChI is InChI=1S/C18H14ClN3O3S/c1-24-18(23)11-2-6-13(7-3-11)25-16-15(20)17(22-10-21-16)26-14-8-4-12(19)5-9-14/h2-10H,20H2,1H3. The quantitative estimate of drug-likeness (QED) is 0.511. The molecule has 0 atom stereocenters. The Balaban J connectivity index is 1.78. The van der Waals surface area contributed by atoms with Gasteiger partial charge in [-0.3, -0.25) is 0 Å². The van der Waals surface area contributed by atoms with Gasteiger partial charge in [0.1, 0.15) is 22.8 Å². The van der Waals surface area contributed by atoms with Gasteiger partial charge in [-0.05, 0) is 48.5 Å². The molecule has 0 saturated carbocycles. The molecule has 2 N–H and O–H groups in total. The number of carbonyl (C=O) groups is 1. The van der Waals surface area contributed by atoms with Crippen LogP contribution in [0, 0.1) is 0 Å². The third kappa shape index (κ3) is 4.25. The van der Waals surface area contributed by atoms with E-state index in [1.54, 1.807) is 36.4 Å². The van der Waals surface area contributed by atoms with Crippen molar-refractivity contribution >= 4 is 35.0 Å². The first kappa shape index (κ1) is 18.0. The molecule has 8 heteroatoms. The molecule has 26 heavy (non-hydrogen) atoms. The van der Waals surface area contributed by atoms with E-state index in [1.165, 1.54) is 25.2 Å². The van der Waals surface area contributed by atoms with E-state index in [0.717, 1.165) is 4.90 Å². The lowest BCUT2D eigenvalue weighted by atomic mass is 10.2. The van der Waals surface area contributed by atoms with Crippen LogP contribution in [0.25, 0.3) is 0 Å². The van der Waals surface area contributed by atoms with Crippen LogP contribution >= 0.6 is 23.4 Å². The molecule has 0 spiro atoms. The third-order valence-electron chi connectivity index (χ3n) is 3.33. The molecule has 2 aromatic carbocycles. The highest BCUT2D eigenvalue weighted by atomic mass is 35.5. The Bertz CT molecular complexity index is 918. The second-order valence-electron chi connectivity index (χ2n) is 5.07. The van der Waals surface area contributed by atoms with Gasteiger partial charge in [-0.15, -0.1) is 0 Å². The molecule has 6 nitrogen and oxygen atoms in total. The van der Waals surface area contributed by atoms with Crippen molar-refractivity contribution in [1.82, 2.24) is 9.97 Å². The van der Waals surface area contributed by atoms with Crippen LogP contribution in [0.1, 0.15) is 10.4 Å². The van der Waals surface area contributed by atoms with Crippen LogP contribution in [0.3, 0.4) is 0 Å². The lowest BCUT2D eigenvalue weighted by molar-refractivity contribution is 0.0600. The molecule has 0 aliphatic carbocycles. The first-order chi connectivity index (χ1) is 12.6. The summed E-state index contributed by atoms with van der Waals surface area (Å²) < 4.78 is 10.4. The molecule has 0 radical (unpaired) electrons. The van der Waals surface area contributed by atoms with Gasteiger partial charge in [-0.25, -0.2) is 9.78 Å². The Morgan fingerprint density at radius 3 is 2.42 bits per heavy atom. The number of nitrogens with two attached hydrogens (primary N) is 1. The number of carbonyl (C=O) groups excluding carboxylic acids is 1. The number of rotatable bonds is 5. The number of aromatic nitrogens is 2. The van der Waals surface area contributed by atoms with E-state index in [1.807, 2.05) is 12.1 Å². The zero-order valence-electron chi connectivity index (χ0n) is 13.7. The normalized spacial score (nSPS) is 10.4. The number of hydrogen-bond donors (Lipinski definition) is 1. The summed E-state index contributed by atoms with van der Waals surface area (Å²) in [4.78, 5) is 20.7.